The van der Waals surface area contributed by atoms with E-state index in [4.69, 9.17) is 0 Å². The highest BCUT2D eigenvalue weighted by Gasteiger charge is 2.18. The number of phenols is 2. The van der Waals surface area contributed by atoms with Crippen molar-refractivity contribution in [3.8, 4) is 22.6 Å². The first kappa shape index (κ1) is 14.6. The molecule has 0 aliphatic heterocycles. The second-order valence-corrected chi connectivity index (χ2v) is 4.98. The Bertz CT molecular complexity index is 873. The first-order valence-electron chi connectivity index (χ1n) is 6.85. The van der Waals surface area contributed by atoms with Gasteiger partial charge in [0.25, 0.3) is 5.91 Å². The van der Waals surface area contributed by atoms with E-state index in [1.807, 2.05) is 13.0 Å². The van der Waals surface area contributed by atoms with E-state index < -0.39 is 5.91 Å². The molecular weight excluding hydrogens is 296 g/mol. The summed E-state index contributed by atoms with van der Waals surface area (Å²) in [5, 5.41) is 28.5. The van der Waals surface area contributed by atoms with Crippen LogP contribution in [-0.4, -0.2) is 31.3 Å². The summed E-state index contributed by atoms with van der Waals surface area (Å²) in [5.74, 6) is -0.215. The van der Waals surface area contributed by atoms with Gasteiger partial charge in [-0.1, -0.05) is 6.07 Å². The van der Waals surface area contributed by atoms with Gasteiger partial charge in [0.15, 0.2) is 0 Å². The Hall–Kier alpha value is -3.35. The first-order valence-corrected chi connectivity index (χ1v) is 6.85. The Kier molecular flexibility index (Phi) is 3.68. The molecule has 0 radical (unpaired) electrons. The monoisotopic (exact) mass is 310 g/mol. The van der Waals surface area contributed by atoms with Crippen molar-refractivity contribution in [2.24, 2.45) is 0 Å². The number of pyridine rings is 1. The molecule has 1 amide bonds. The van der Waals surface area contributed by atoms with E-state index in [9.17, 15) is 15.0 Å². The van der Waals surface area contributed by atoms with Gasteiger partial charge in [0.2, 0.25) is 0 Å². The number of hydrogen-bond donors (Lipinski definition) is 4. The molecule has 0 aliphatic carbocycles. The lowest BCUT2D eigenvalue weighted by Crippen LogP contribution is -2.14. The zero-order valence-electron chi connectivity index (χ0n) is 12.2. The summed E-state index contributed by atoms with van der Waals surface area (Å²) in [5.41, 5.74) is 1.78. The van der Waals surface area contributed by atoms with Gasteiger partial charge in [-0.2, -0.15) is 5.10 Å². The van der Waals surface area contributed by atoms with Crippen LogP contribution in [0.4, 0.5) is 5.82 Å². The van der Waals surface area contributed by atoms with Crippen LogP contribution in [0.5, 0.6) is 11.5 Å². The van der Waals surface area contributed by atoms with E-state index in [2.05, 4.69) is 20.5 Å². The minimum Gasteiger partial charge on any atom is -0.508 e. The van der Waals surface area contributed by atoms with Crippen molar-refractivity contribution in [2.75, 3.05) is 5.32 Å². The molecule has 0 spiro atoms. The van der Waals surface area contributed by atoms with Crippen molar-refractivity contribution in [3.63, 3.8) is 0 Å². The molecule has 0 saturated heterocycles. The van der Waals surface area contributed by atoms with Crippen molar-refractivity contribution >= 4 is 11.7 Å². The Balaban J connectivity index is 1.93. The fourth-order valence-corrected chi connectivity index (χ4v) is 2.20. The molecule has 23 heavy (non-hydrogen) atoms. The molecule has 0 aliphatic rings. The van der Waals surface area contributed by atoms with Gasteiger partial charge in [0.05, 0.1) is 6.20 Å². The van der Waals surface area contributed by atoms with Crippen LogP contribution in [0.15, 0.2) is 42.6 Å². The normalized spacial score (nSPS) is 10.5. The van der Waals surface area contributed by atoms with E-state index in [0.717, 1.165) is 5.69 Å². The van der Waals surface area contributed by atoms with E-state index in [1.165, 1.54) is 24.4 Å². The van der Waals surface area contributed by atoms with E-state index in [1.54, 1.807) is 12.1 Å². The van der Waals surface area contributed by atoms with Gasteiger partial charge < -0.3 is 15.5 Å². The van der Waals surface area contributed by atoms with Crippen LogP contribution in [0.3, 0.4) is 0 Å². The van der Waals surface area contributed by atoms with Gasteiger partial charge in [-0.15, -0.1) is 0 Å². The van der Waals surface area contributed by atoms with Crippen molar-refractivity contribution in [1.82, 2.24) is 15.2 Å². The van der Waals surface area contributed by atoms with Gasteiger partial charge in [0, 0.05) is 22.9 Å². The molecule has 3 aromatic rings. The van der Waals surface area contributed by atoms with Gasteiger partial charge in [-0.25, -0.2) is 4.98 Å². The molecule has 4 N–H and O–H groups in total. The second-order valence-electron chi connectivity index (χ2n) is 4.98. The topological polar surface area (TPSA) is 111 Å². The maximum atomic E-state index is 12.4. The number of nitrogens with zero attached hydrogens (tertiary/aromatic N) is 2. The molecule has 1 aromatic carbocycles. The summed E-state index contributed by atoms with van der Waals surface area (Å²) in [4.78, 5) is 16.6. The number of amides is 1. The lowest BCUT2D eigenvalue weighted by Gasteiger charge is -2.07. The smallest absolute Gasteiger partial charge is 0.275 e. The van der Waals surface area contributed by atoms with Crippen LogP contribution in [0.1, 0.15) is 16.2 Å². The Morgan fingerprint density at radius 1 is 1.17 bits per heavy atom. The minimum absolute atomic E-state index is 0.0651. The maximum absolute atomic E-state index is 12.4. The number of aromatic hydroxyl groups is 2. The van der Waals surface area contributed by atoms with E-state index in [-0.39, 0.29) is 17.2 Å². The average Bonchev–Trinajstić information content (AvgIpc) is 2.96. The first-order chi connectivity index (χ1) is 11.0. The number of H-pyrrole nitrogens is 1. The Morgan fingerprint density at radius 2 is 2.00 bits per heavy atom. The molecule has 2 aromatic heterocycles. The van der Waals surface area contributed by atoms with Crippen molar-refractivity contribution < 1.29 is 15.0 Å². The lowest BCUT2D eigenvalue weighted by atomic mass is 10.0. The van der Waals surface area contributed by atoms with Crippen LogP contribution >= 0.6 is 0 Å². The molecule has 0 atom stereocenters. The number of aromatic nitrogens is 3. The number of aromatic amines is 1. The highest BCUT2D eigenvalue weighted by Crippen LogP contribution is 2.33. The van der Waals surface area contributed by atoms with Crippen molar-refractivity contribution in [2.45, 2.75) is 6.92 Å². The van der Waals surface area contributed by atoms with Crippen LogP contribution in [0, 0.1) is 6.92 Å². The van der Waals surface area contributed by atoms with Gasteiger partial charge in [-0.05, 0) is 31.2 Å². The third-order valence-electron chi connectivity index (χ3n) is 3.27. The number of phenolic OH excluding ortho intramolecular Hbond substituents is 2. The highest BCUT2D eigenvalue weighted by molar-refractivity contribution is 6.07. The number of nitrogens with one attached hydrogen (secondary N) is 2. The number of carbonyl (C=O) groups is 1. The Morgan fingerprint density at radius 3 is 2.74 bits per heavy atom. The summed E-state index contributed by atoms with van der Waals surface area (Å²) in [6.45, 7) is 1.83. The maximum Gasteiger partial charge on any atom is 0.275 e. The standard InChI is InChI=1S/C16H14N4O3/c1-9-3-2-4-14(18-9)19-16(23)15-12(8-17-20-15)11-6-5-10(21)7-13(11)22/h2-8,21-22H,1H3,(H,17,20)(H,18,19,23). The number of benzene rings is 1. The summed E-state index contributed by atoms with van der Waals surface area (Å²) in [7, 11) is 0. The molecule has 0 fully saturated rings. The fourth-order valence-electron chi connectivity index (χ4n) is 2.20. The van der Waals surface area contributed by atoms with Gasteiger partial charge in [-0.3, -0.25) is 9.89 Å². The van der Waals surface area contributed by atoms with Crippen LogP contribution < -0.4 is 5.32 Å². The zero-order valence-corrected chi connectivity index (χ0v) is 12.2. The van der Waals surface area contributed by atoms with E-state index >= 15 is 0 Å². The number of carbonyl (C=O) groups excluding carboxylic acids is 1. The number of hydrogen-bond acceptors (Lipinski definition) is 5. The lowest BCUT2D eigenvalue weighted by molar-refractivity contribution is 0.102. The van der Waals surface area contributed by atoms with Crippen LogP contribution in [-0.2, 0) is 0 Å². The molecule has 7 heteroatoms. The van der Waals surface area contributed by atoms with Gasteiger partial charge in [0.1, 0.15) is 23.0 Å². The molecule has 116 valence electrons. The summed E-state index contributed by atoms with van der Waals surface area (Å²) in [6, 6.07) is 9.43. The predicted octanol–water partition coefficient (Wildman–Crippen LogP) is 2.44. The van der Waals surface area contributed by atoms with Crippen molar-refractivity contribution in [3.05, 3.63) is 54.0 Å². The third-order valence-corrected chi connectivity index (χ3v) is 3.27. The predicted molar refractivity (Wildman–Crippen MR) is 84.3 cm³/mol. The third kappa shape index (κ3) is 2.98. The fraction of sp³-hybridized carbons (Fsp3) is 0.0625. The molecule has 7 nitrogen and oxygen atoms in total. The summed E-state index contributed by atoms with van der Waals surface area (Å²) >= 11 is 0. The summed E-state index contributed by atoms with van der Waals surface area (Å²) < 4.78 is 0. The van der Waals surface area contributed by atoms with Crippen molar-refractivity contribution in [1.29, 1.82) is 0 Å². The SMILES string of the molecule is Cc1cccc(NC(=O)c2[nH]ncc2-c2ccc(O)cc2O)n1. The number of aryl methyl sites for hydroxylation is 1. The summed E-state index contributed by atoms with van der Waals surface area (Å²) in [6.07, 6.45) is 1.44. The molecule has 0 saturated carbocycles. The van der Waals surface area contributed by atoms with Crippen LogP contribution in [0.25, 0.3) is 11.1 Å². The molecular formula is C16H14N4O3. The Labute approximate surface area is 131 Å². The molecule has 3 rings (SSSR count). The highest BCUT2D eigenvalue weighted by atomic mass is 16.3. The number of rotatable bonds is 3. The largest absolute Gasteiger partial charge is 0.508 e. The average molecular weight is 310 g/mol. The zero-order chi connectivity index (χ0) is 16.4. The quantitative estimate of drug-likeness (QED) is 0.594. The van der Waals surface area contributed by atoms with Gasteiger partial charge >= 0.3 is 0 Å². The number of anilines is 1. The molecule has 2 heterocycles. The van der Waals surface area contributed by atoms with Crippen LogP contribution in [0.2, 0.25) is 0 Å². The van der Waals surface area contributed by atoms with E-state index in [0.29, 0.717) is 16.9 Å². The second kappa shape index (κ2) is 5.80. The molecule has 0 unspecified atom stereocenters. The minimum atomic E-state index is -0.428. The molecule has 0 bridgehead atoms.